The average molecular weight is 164 g/mol. The van der Waals surface area contributed by atoms with Gasteiger partial charge in [-0.25, -0.2) is 0 Å². The zero-order valence-electron chi connectivity index (χ0n) is 6.61. The van der Waals surface area contributed by atoms with Gasteiger partial charge >= 0.3 is 0 Å². The molecule has 0 atom stereocenters. The molecule has 0 saturated carbocycles. The number of hydrogen-bond donors (Lipinski definition) is 1. The highest BCUT2D eigenvalue weighted by atomic mass is 16.3. The zero-order valence-corrected chi connectivity index (χ0v) is 6.61. The van der Waals surface area contributed by atoms with Crippen molar-refractivity contribution in [2.75, 3.05) is 0 Å². The largest absolute Gasteiger partial charge is 0.493 e. The maximum absolute atomic E-state index is 11.0. The third-order valence-corrected chi connectivity index (χ3v) is 1.59. The van der Waals surface area contributed by atoms with Crippen LogP contribution < -0.4 is 5.56 Å². The van der Waals surface area contributed by atoms with Gasteiger partial charge in [0.05, 0.1) is 0 Å². The number of aromatic hydroxyl groups is 1. The fourth-order valence-electron chi connectivity index (χ4n) is 0.962. The molecule has 1 heterocycles. The van der Waals surface area contributed by atoms with Crippen LogP contribution in [0.25, 0.3) is 0 Å². The molecular formula is C8H8N2O2. The van der Waals surface area contributed by atoms with E-state index in [0.717, 1.165) is 4.57 Å². The summed E-state index contributed by atoms with van der Waals surface area (Å²) >= 11 is 0. The van der Waals surface area contributed by atoms with Crippen LogP contribution in [-0.4, -0.2) is 9.67 Å². The lowest BCUT2D eigenvalue weighted by Crippen LogP contribution is -2.18. The van der Waals surface area contributed by atoms with Crippen molar-refractivity contribution in [2.45, 2.75) is 13.5 Å². The van der Waals surface area contributed by atoms with E-state index in [1.165, 1.54) is 12.1 Å². The smallest absolute Gasteiger partial charge is 0.253 e. The number of nitrogens with zero attached hydrogens (tertiary/aromatic N) is 2. The van der Waals surface area contributed by atoms with Crippen LogP contribution in [-0.2, 0) is 6.54 Å². The quantitative estimate of drug-likeness (QED) is 0.655. The van der Waals surface area contributed by atoms with Crippen LogP contribution in [0.5, 0.6) is 5.88 Å². The molecule has 12 heavy (non-hydrogen) atoms. The van der Waals surface area contributed by atoms with Gasteiger partial charge in [-0.15, -0.1) is 0 Å². The molecule has 0 saturated heterocycles. The van der Waals surface area contributed by atoms with Gasteiger partial charge in [-0.2, -0.15) is 5.26 Å². The molecule has 1 aromatic rings. The second kappa shape index (κ2) is 3.09. The van der Waals surface area contributed by atoms with Gasteiger partial charge in [0.25, 0.3) is 5.56 Å². The summed E-state index contributed by atoms with van der Waals surface area (Å²) in [7, 11) is 0. The van der Waals surface area contributed by atoms with Gasteiger partial charge in [0, 0.05) is 12.6 Å². The van der Waals surface area contributed by atoms with Crippen LogP contribution in [0.3, 0.4) is 0 Å². The van der Waals surface area contributed by atoms with Crippen molar-refractivity contribution in [3.8, 4) is 11.9 Å². The van der Waals surface area contributed by atoms with Crippen LogP contribution in [0.4, 0.5) is 0 Å². The van der Waals surface area contributed by atoms with E-state index in [2.05, 4.69) is 0 Å². The molecule has 0 spiro atoms. The van der Waals surface area contributed by atoms with Gasteiger partial charge in [-0.05, 0) is 13.0 Å². The molecular weight excluding hydrogens is 156 g/mol. The minimum Gasteiger partial charge on any atom is -0.493 e. The Morgan fingerprint density at radius 3 is 2.83 bits per heavy atom. The van der Waals surface area contributed by atoms with Crippen molar-refractivity contribution < 1.29 is 5.11 Å². The van der Waals surface area contributed by atoms with Gasteiger partial charge in [0.2, 0.25) is 5.88 Å². The monoisotopic (exact) mass is 164 g/mol. The van der Waals surface area contributed by atoms with Crippen LogP contribution in [0.2, 0.25) is 0 Å². The third kappa shape index (κ3) is 1.17. The summed E-state index contributed by atoms with van der Waals surface area (Å²) in [5.41, 5.74) is -0.176. The molecule has 0 bridgehead atoms. The van der Waals surface area contributed by atoms with Crippen molar-refractivity contribution in [1.82, 2.24) is 4.57 Å². The van der Waals surface area contributed by atoms with E-state index in [9.17, 15) is 9.90 Å². The first kappa shape index (κ1) is 8.34. The van der Waals surface area contributed by atoms with Crippen LogP contribution >= 0.6 is 0 Å². The lowest BCUT2D eigenvalue weighted by atomic mass is 10.3. The highest BCUT2D eigenvalue weighted by Crippen LogP contribution is 2.11. The molecule has 1 rings (SSSR count). The fourth-order valence-corrected chi connectivity index (χ4v) is 0.962. The van der Waals surface area contributed by atoms with E-state index < -0.39 is 0 Å². The second-order valence-corrected chi connectivity index (χ2v) is 2.26. The maximum Gasteiger partial charge on any atom is 0.253 e. The summed E-state index contributed by atoms with van der Waals surface area (Å²) in [6.07, 6.45) is 0. The molecule has 0 fully saturated rings. The number of pyridine rings is 1. The molecule has 0 aliphatic carbocycles. The molecule has 0 aliphatic heterocycles. The van der Waals surface area contributed by atoms with Gasteiger partial charge in [-0.3, -0.25) is 9.36 Å². The Kier molecular flexibility index (Phi) is 2.15. The predicted octanol–water partition coefficient (Wildman–Crippen LogP) is 0.445. The summed E-state index contributed by atoms with van der Waals surface area (Å²) in [6.45, 7) is 2.09. The fraction of sp³-hybridized carbons (Fsp3) is 0.250. The molecule has 1 aromatic heterocycles. The van der Waals surface area contributed by atoms with E-state index in [-0.39, 0.29) is 17.0 Å². The SMILES string of the molecule is CCn1c(O)c(C#N)ccc1=O. The van der Waals surface area contributed by atoms with Crippen molar-refractivity contribution in [3.05, 3.63) is 28.0 Å². The topological polar surface area (TPSA) is 66.0 Å². The van der Waals surface area contributed by atoms with E-state index in [1.54, 1.807) is 13.0 Å². The van der Waals surface area contributed by atoms with Crippen LogP contribution in [0, 0.1) is 11.3 Å². The third-order valence-electron chi connectivity index (χ3n) is 1.59. The first-order valence-corrected chi connectivity index (χ1v) is 3.53. The molecule has 0 amide bonds. The number of aromatic nitrogens is 1. The molecule has 0 radical (unpaired) electrons. The summed E-state index contributed by atoms with van der Waals surface area (Å²) in [4.78, 5) is 11.0. The number of nitriles is 1. The first-order chi connectivity index (χ1) is 5.70. The molecule has 4 heteroatoms. The maximum atomic E-state index is 11.0. The molecule has 62 valence electrons. The Morgan fingerprint density at radius 2 is 2.33 bits per heavy atom. The second-order valence-electron chi connectivity index (χ2n) is 2.26. The Bertz CT molecular complexity index is 387. The van der Waals surface area contributed by atoms with Gasteiger partial charge in [0.1, 0.15) is 11.6 Å². The average Bonchev–Trinajstić information content (AvgIpc) is 2.06. The summed E-state index contributed by atoms with van der Waals surface area (Å²) in [6, 6.07) is 4.36. The number of rotatable bonds is 1. The summed E-state index contributed by atoms with van der Waals surface area (Å²) < 4.78 is 1.14. The summed E-state index contributed by atoms with van der Waals surface area (Å²) in [5.74, 6) is -0.257. The highest BCUT2D eigenvalue weighted by molar-refractivity contribution is 5.37. The number of hydrogen-bond acceptors (Lipinski definition) is 3. The van der Waals surface area contributed by atoms with Crippen LogP contribution in [0.1, 0.15) is 12.5 Å². The van der Waals surface area contributed by atoms with Crippen molar-refractivity contribution in [2.24, 2.45) is 0 Å². The Labute approximate surface area is 69.3 Å². The van der Waals surface area contributed by atoms with Gasteiger partial charge in [0.15, 0.2) is 0 Å². The zero-order chi connectivity index (χ0) is 9.14. The Hall–Kier alpha value is -1.76. The highest BCUT2D eigenvalue weighted by Gasteiger charge is 2.05. The Morgan fingerprint density at radius 1 is 1.67 bits per heavy atom. The van der Waals surface area contributed by atoms with E-state index in [1.807, 2.05) is 0 Å². The van der Waals surface area contributed by atoms with Crippen molar-refractivity contribution in [3.63, 3.8) is 0 Å². The Balaban J connectivity index is 3.47. The minimum absolute atomic E-state index is 0.122. The van der Waals surface area contributed by atoms with E-state index >= 15 is 0 Å². The van der Waals surface area contributed by atoms with Crippen LogP contribution in [0.15, 0.2) is 16.9 Å². The predicted molar refractivity (Wildman–Crippen MR) is 42.8 cm³/mol. The molecule has 4 nitrogen and oxygen atoms in total. The lowest BCUT2D eigenvalue weighted by Gasteiger charge is -2.04. The van der Waals surface area contributed by atoms with E-state index in [0.29, 0.717) is 6.54 Å². The van der Waals surface area contributed by atoms with Crippen molar-refractivity contribution in [1.29, 1.82) is 5.26 Å². The summed E-state index contributed by atoms with van der Waals surface area (Å²) in [5, 5.41) is 17.8. The van der Waals surface area contributed by atoms with E-state index in [4.69, 9.17) is 5.26 Å². The van der Waals surface area contributed by atoms with Gasteiger partial charge < -0.3 is 5.11 Å². The normalized spacial score (nSPS) is 9.33. The molecule has 1 N–H and O–H groups in total. The minimum atomic E-state index is -0.297. The molecule has 0 aliphatic rings. The lowest BCUT2D eigenvalue weighted by molar-refractivity contribution is 0.409. The molecule has 0 aromatic carbocycles. The van der Waals surface area contributed by atoms with Gasteiger partial charge in [-0.1, -0.05) is 0 Å². The molecule has 0 unspecified atom stereocenters. The van der Waals surface area contributed by atoms with Crippen molar-refractivity contribution >= 4 is 0 Å². The standard InChI is InChI=1S/C8H8N2O2/c1-2-10-7(11)4-3-6(5-9)8(10)12/h3-4,12H,2H2,1H3. The first-order valence-electron chi connectivity index (χ1n) is 3.53.